The molecular formula is C69H128O12. The van der Waals surface area contributed by atoms with E-state index >= 15 is 0 Å². The summed E-state index contributed by atoms with van der Waals surface area (Å²) in [6, 6.07) is 0. The summed E-state index contributed by atoms with van der Waals surface area (Å²) >= 11 is 0. The van der Waals surface area contributed by atoms with Gasteiger partial charge in [0, 0.05) is 19.3 Å². The zero-order valence-corrected chi connectivity index (χ0v) is 52.8. The summed E-state index contributed by atoms with van der Waals surface area (Å²) < 4.78 is 28.6. The second kappa shape index (κ2) is 57.9. The van der Waals surface area contributed by atoms with Crippen LogP contribution >= 0.6 is 0 Å². The number of rotatable bonds is 61. The highest BCUT2D eigenvalue weighted by atomic mass is 16.7. The fourth-order valence-electron chi connectivity index (χ4n) is 11.0. The van der Waals surface area contributed by atoms with Gasteiger partial charge in [0.05, 0.1) is 6.61 Å². The highest BCUT2D eigenvalue weighted by molar-refractivity contribution is 5.74. The van der Waals surface area contributed by atoms with Crippen molar-refractivity contribution >= 4 is 23.9 Å². The minimum absolute atomic E-state index is 0.0685. The van der Waals surface area contributed by atoms with Crippen LogP contribution in [0.5, 0.6) is 0 Å². The van der Waals surface area contributed by atoms with Gasteiger partial charge < -0.3 is 39.0 Å². The summed E-state index contributed by atoms with van der Waals surface area (Å²) in [7, 11) is 0. The summed E-state index contributed by atoms with van der Waals surface area (Å²) in [5, 5.41) is 31.6. The molecule has 12 nitrogen and oxygen atoms in total. The predicted octanol–water partition coefficient (Wildman–Crippen LogP) is 18.8. The molecule has 0 bridgehead atoms. The summed E-state index contributed by atoms with van der Waals surface area (Å²) in [5.74, 6) is -3.08. The summed E-state index contributed by atoms with van der Waals surface area (Å²) in [6.07, 6.45) is 54.5. The van der Waals surface area contributed by atoms with Gasteiger partial charge in [-0.25, -0.2) is 4.79 Å². The minimum Gasteiger partial charge on any atom is -0.479 e. The van der Waals surface area contributed by atoms with Crippen LogP contribution in [0.2, 0.25) is 0 Å². The lowest BCUT2D eigenvalue weighted by Gasteiger charge is -2.40. The Hall–Kier alpha value is -2.54. The summed E-state index contributed by atoms with van der Waals surface area (Å²) in [4.78, 5) is 51.4. The number of ether oxygens (including phenoxy) is 5. The molecule has 476 valence electrons. The van der Waals surface area contributed by atoms with Crippen LogP contribution in [0.3, 0.4) is 0 Å². The van der Waals surface area contributed by atoms with Crippen molar-refractivity contribution in [1.82, 2.24) is 0 Å². The van der Waals surface area contributed by atoms with Gasteiger partial charge in [0.1, 0.15) is 18.8 Å². The van der Waals surface area contributed by atoms with Crippen LogP contribution in [0.1, 0.15) is 355 Å². The van der Waals surface area contributed by atoms with Gasteiger partial charge in [0.25, 0.3) is 0 Å². The molecule has 1 heterocycles. The van der Waals surface area contributed by atoms with E-state index < -0.39 is 67.3 Å². The molecule has 0 aliphatic carbocycles. The molecule has 1 saturated heterocycles. The van der Waals surface area contributed by atoms with E-state index in [1.54, 1.807) is 0 Å². The van der Waals surface area contributed by atoms with E-state index in [2.05, 4.69) is 32.9 Å². The van der Waals surface area contributed by atoms with E-state index in [9.17, 15) is 34.5 Å². The second-order valence-electron chi connectivity index (χ2n) is 24.2. The Morgan fingerprint density at radius 2 is 0.704 bits per heavy atom. The molecule has 6 unspecified atom stereocenters. The molecule has 1 rings (SSSR count). The molecule has 1 aliphatic rings. The number of carboxylic acids is 1. The van der Waals surface area contributed by atoms with Crippen LogP contribution in [-0.4, -0.2) is 89.2 Å². The van der Waals surface area contributed by atoms with Crippen LogP contribution in [0.4, 0.5) is 0 Å². The maximum absolute atomic E-state index is 13.2. The van der Waals surface area contributed by atoms with E-state index in [1.807, 2.05) is 0 Å². The molecule has 0 spiro atoms. The van der Waals surface area contributed by atoms with Gasteiger partial charge in [-0.1, -0.05) is 303 Å². The number of carbonyl (C=O) groups excluding carboxylic acids is 3. The van der Waals surface area contributed by atoms with Gasteiger partial charge >= 0.3 is 23.9 Å². The summed E-state index contributed by atoms with van der Waals surface area (Å²) in [5.41, 5.74) is 0. The topological polar surface area (TPSA) is 175 Å². The van der Waals surface area contributed by atoms with Gasteiger partial charge in [0.2, 0.25) is 0 Å². The third-order valence-corrected chi connectivity index (χ3v) is 16.3. The first-order valence-corrected chi connectivity index (χ1v) is 34.7. The smallest absolute Gasteiger partial charge is 0.335 e. The number of aliphatic hydroxyl groups excluding tert-OH is 2. The molecule has 0 aromatic carbocycles. The van der Waals surface area contributed by atoms with Gasteiger partial charge in [-0.05, 0) is 44.9 Å². The first kappa shape index (κ1) is 76.5. The van der Waals surface area contributed by atoms with Crippen LogP contribution in [0.25, 0.3) is 0 Å². The fraction of sp³-hybridized carbons (Fsp3) is 0.913. The maximum atomic E-state index is 13.2. The number of esters is 3. The SMILES string of the molecule is CCCCCCCC/C=C\CCCCCCCC(=O)OC(COC(=O)CCCCCCCCCCCCCCCCCCCCC)COC1OC(C(=O)O)C(O)C(O)C1OC(=O)CCCCCCCCCCCCCCCCCCC. The molecule has 0 amide bonds. The lowest BCUT2D eigenvalue weighted by molar-refractivity contribution is -0.301. The van der Waals surface area contributed by atoms with Crippen LogP contribution in [0.15, 0.2) is 12.2 Å². The fourth-order valence-corrected chi connectivity index (χ4v) is 11.0. The molecule has 3 N–H and O–H groups in total. The third-order valence-electron chi connectivity index (χ3n) is 16.3. The standard InChI is InChI=1S/C69H128O12/c1-4-7-10-13-16-19-22-25-28-30-31-33-35-37-40-43-46-49-52-55-61(70)77-58-60(79-62(71)56-53-50-47-44-41-38-34-27-24-21-18-15-12-9-6-3)59-78-69-67(65(74)64(73)66(81-69)68(75)76)80-63(72)57-54-51-48-45-42-39-36-32-29-26-23-20-17-14-11-8-5-2/h27,34,60,64-67,69,73-74H,4-26,28-33,35-59H2,1-3H3,(H,75,76)/b34-27-. The van der Waals surface area contributed by atoms with Crippen molar-refractivity contribution < 1.29 is 58.2 Å². The lowest BCUT2D eigenvalue weighted by Crippen LogP contribution is -2.61. The Labute approximate surface area is 496 Å². The zero-order chi connectivity index (χ0) is 58.9. The molecule has 1 aliphatic heterocycles. The van der Waals surface area contributed by atoms with Crippen molar-refractivity contribution in [1.29, 1.82) is 0 Å². The molecule has 12 heteroatoms. The molecule has 81 heavy (non-hydrogen) atoms. The van der Waals surface area contributed by atoms with E-state index in [0.717, 1.165) is 77.0 Å². The zero-order valence-electron chi connectivity index (χ0n) is 52.8. The van der Waals surface area contributed by atoms with Crippen LogP contribution < -0.4 is 0 Å². The molecule has 0 radical (unpaired) electrons. The van der Waals surface area contributed by atoms with E-state index in [1.165, 1.54) is 218 Å². The molecule has 0 aromatic rings. The van der Waals surface area contributed by atoms with Crippen LogP contribution in [0, 0.1) is 0 Å². The second-order valence-corrected chi connectivity index (χ2v) is 24.2. The van der Waals surface area contributed by atoms with Crippen molar-refractivity contribution in [3.8, 4) is 0 Å². The Kier molecular flexibility index (Phi) is 54.6. The summed E-state index contributed by atoms with van der Waals surface area (Å²) in [6.45, 7) is 6.06. The van der Waals surface area contributed by atoms with Gasteiger partial charge in [-0.3, -0.25) is 14.4 Å². The number of hydrogen-bond acceptors (Lipinski definition) is 11. The van der Waals surface area contributed by atoms with Crippen molar-refractivity contribution in [3.05, 3.63) is 12.2 Å². The number of carbonyl (C=O) groups is 4. The Balaban J connectivity index is 2.61. The molecular weight excluding hydrogens is 1020 g/mol. The molecule has 1 fully saturated rings. The molecule has 0 saturated carbocycles. The first-order chi connectivity index (χ1) is 39.6. The molecule has 6 atom stereocenters. The number of allylic oxidation sites excluding steroid dienone is 2. The average Bonchev–Trinajstić information content (AvgIpc) is 3.53. The number of carboxylic acid groups (broad SMARTS) is 1. The van der Waals surface area contributed by atoms with Crippen molar-refractivity contribution in [2.45, 2.75) is 391 Å². The average molecular weight is 1150 g/mol. The van der Waals surface area contributed by atoms with E-state index in [0.29, 0.717) is 19.3 Å². The van der Waals surface area contributed by atoms with Gasteiger partial charge in [-0.2, -0.15) is 0 Å². The van der Waals surface area contributed by atoms with E-state index in [4.69, 9.17) is 23.7 Å². The van der Waals surface area contributed by atoms with Gasteiger partial charge in [0.15, 0.2) is 24.6 Å². The highest BCUT2D eigenvalue weighted by Gasteiger charge is 2.50. The number of unbranched alkanes of at least 4 members (excludes halogenated alkanes) is 45. The third kappa shape index (κ3) is 47.4. The number of hydrogen-bond donors (Lipinski definition) is 3. The Morgan fingerprint density at radius 1 is 0.395 bits per heavy atom. The normalized spacial score (nSPS) is 17.7. The largest absolute Gasteiger partial charge is 0.479 e. The Morgan fingerprint density at radius 3 is 1.05 bits per heavy atom. The van der Waals surface area contributed by atoms with Crippen LogP contribution in [-0.2, 0) is 42.9 Å². The first-order valence-electron chi connectivity index (χ1n) is 34.7. The van der Waals surface area contributed by atoms with Crippen molar-refractivity contribution in [3.63, 3.8) is 0 Å². The van der Waals surface area contributed by atoms with Crippen molar-refractivity contribution in [2.75, 3.05) is 13.2 Å². The Bertz CT molecular complexity index is 1460. The number of aliphatic hydroxyl groups is 2. The minimum atomic E-state index is -1.90. The van der Waals surface area contributed by atoms with Crippen molar-refractivity contribution in [2.24, 2.45) is 0 Å². The molecule has 0 aromatic heterocycles. The predicted molar refractivity (Wildman–Crippen MR) is 331 cm³/mol. The highest BCUT2D eigenvalue weighted by Crippen LogP contribution is 2.27. The lowest BCUT2D eigenvalue weighted by atomic mass is 9.98. The quantitative estimate of drug-likeness (QED) is 0.0228. The van der Waals surface area contributed by atoms with E-state index in [-0.39, 0.29) is 25.9 Å². The maximum Gasteiger partial charge on any atom is 0.335 e. The van der Waals surface area contributed by atoms with Gasteiger partial charge in [-0.15, -0.1) is 0 Å². The monoisotopic (exact) mass is 1150 g/mol. The number of aliphatic carboxylic acids is 1.